The van der Waals surface area contributed by atoms with Crippen LogP contribution in [0.4, 0.5) is 5.82 Å². The Morgan fingerprint density at radius 3 is 2.62 bits per heavy atom. The second-order valence-electron chi connectivity index (χ2n) is 7.98. The van der Waals surface area contributed by atoms with Crippen LogP contribution in [0.2, 0.25) is 0 Å². The first kappa shape index (κ1) is 21.3. The SMILES string of the molecule is CC#CC(=O)N1CCC(c2nn(-c3ccc(Oc4ccccc4)cc3)c3c(N)n[nH]c(=O)c23)C1. The number of nitrogens with one attached hydrogen (secondary N) is 1. The average molecular weight is 454 g/mol. The van der Waals surface area contributed by atoms with E-state index in [1.807, 2.05) is 54.6 Å². The van der Waals surface area contributed by atoms with Crippen LogP contribution in [0.5, 0.6) is 11.5 Å². The molecule has 9 heteroatoms. The van der Waals surface area contributed by atoms with Crippen LogP contribution < -0.4 is 16.0 Å². The van der Waals surface area contributed by atoms with E-state index in [0.717, 1.165) is 5.75 Å². The maximum atomic E-state index is 12.8. The first-order chi connectivity index (χ1) is 16.5. The molecule has 0 aliphatic carbocycles. The third kappa shape index (κ3) is 3.86. The van der Waals surface area contributed by atoms with Crippen LogP contribution in [0.1, 0.15) is 25.0 Å². The van der Waals surface area contributed by atoms with Crippen molar-refractivity contribution in [3.63, 3.8) is 0 Å². The Morgan fingerprint density at radius 1 is 1.15 bits per heavy atom. The van der Waals surface area contributed by atoms with E-state index in [1.54, 1.807) is 16.5 Å². The molecule has 1 atom stereocenters. The molecular formula is C25H22N6O3. The Kier molecular flexibility index (Phi) is 5.47. The molecule has 1 aliphatic rings. The molecule has 4 aromatic rings. The molecule has 5 rings (SSSR count). The molecule has 0 radical (unpaired) electrons. The monoisotopic (exact) mass is 454 g/mol. The predicted octanol–water partition coefficient (Wildman–Crippen LogP) is 2.82. The summed E-state index contributed by atoms with van der Waals surface area (Å²) in [6.07, 6.45) is 0.675. The maximum absolute atomic E-state index is 12.8. The summed E-state index contributed by atoms with van der Waals surface area (Å²) in [5.41, 5.74) is 7.54. The van der Waals surface area contributed by atoms with Gasteiger partial charge in [-0.1, -0.05) is 24.1 Å². The predicted molar refractivity (Wildman–Crippen MR) is 128 cm³/mol. The number of anilines is 1. The number of benzene rings is 2. The minimum atomic E-state index is -0.368. The van der Waals surface area contributed by atoms with Gasteiger partial charge in [-0.2, -0.15) is 10.2 Å². The molecule has 9 nitrogen and oxygen atoms in total. The minimum absolute atomic E-state index is 0.116. The molecule has 0 bridgehead atoms. The number of ether oxygens (including phenoxy) is 1. The molecule has 2 aromatic heterocycles. The van der Waals surface area contributed by atoms with Gasteiger partial charge >= 0.3 is 0 Å². The largest absolute Gasteiger partial charge is 0.457 e. The van der Waals surface area contributed by atoms with Crippen molar-refractivity contribution < 1.29 is 9.53 Å². The Labute approximate surface area is 195 Å². The molecule has 3 heterocycles. The summed E-state index contributed by atoms with van der Waals surface area (Å²) in [7, 11) is 0. The van der Waals surface area contributed by atoms with Gasteiger partial charge in [0.15, 0.2) is 5.82 Å². The van der Waals surface area contributed by atoms with Crippen LogP contribution in [0.25, 0.3) is 16.6 Å². The van der Waals surface area contributed by atoms with E-state index in [9.17, 15) is 9.59 Å². The number of fused-ring (bicyclic) bond motifs is 1. The Morgan fingerprint density at radius 2 is 1.88 bits per heavy atom. The fourth-order valence-corrected chi connectivity index (χ4v) is 4.22. The lowest BCUT2D eigenvalue weighted by Crippen LogP contribution is -2.27. The zero-order valence-corrected chi connectivity index (χ0v) is 18.5. The summed E-state index contributed by atoms with van der Waals surface area (Å²) in [6.45, 7) is 2.62. The summed E-state index contributed by atoms with van der Waals surface area (Å²) < 4.78 is 7.50. The van der Waals surface area contributed by atoms with Crippen LogP contribution in [-0.4, -0.2) is 43.9 Å². The fourth-order valence-electron chi connectivity index (χ4n) is 4.22. The molecule has 170 valence electrons. The van der Waals surface area contributed by atoms with Gasteiger partial charge < -0.3 is 15.4 Å². The third-order valence-corrected chi connectivity index (χ3v) is 5.81. The molecule has 0 spiro atoms. The molecule has 1 amide bonds. The normalized spacial score (nSPS) is 15.2. The van der Waals surface area contributed by atoms with E-state index in [4.69, 9.17) is 15.6 Å². The first-order valence-corrected chi connectivity index (χ1v) is 10.9. The van der Waals surface area contributed by atoms with E-state index in [2.05, 4.69) is 22.0 Å². The van der Waals surface area contributed by atoms with E-state index in [0.29, 0.717) is 47.5 Å². The molecule has 1 unspecified atom stereocenters. The first-order valence-electron chi connectivity index (χ1n) is 10.9. The molecule has 1 saturated heterocycles. The van der Waals surface area contributed by atoms with Gasteiger partial charge in [-0.15, -0.1) is 0 Å². The smallest absolute Gasteiger partial charge is 0.298 e. The van der Waals surface area contributed by atoms with Crippen molar-refractivity contribution in [1.29, 1.82) is 0 Å². The van der Waals surface area contributed by atoms with Crippen LogP contribution >= 0.6 is 0 Å². The summed E-state index contributed by atoms with van der Waals surface area (Å²) in [4.78, 5) is 26.7. The van der Waals surface area contributed by atoms with Crippen molar-refractivity contribution in [2.75, 3.05) is 18.8 Å². The van der Waals surface area contributed by atoms with Gasteiger partial charge in [-0.25, -0.2) is 9.78 Å². The van der Waals surface area contributed by atoms with Crippen molar-refractivity contribution >= 4 is 22.6 Å². The van der Waals surface area contributed by atoms with Crippen LogP contribution in [0.3, 0.4) is 0 Å². The average Bonchev–Trinajstić information content (AvgIpc) is 3.49. The molecular weight excluding hydrogens is 432 g/mol. The number of para-hydroxylation sites is 1. The topological polar surface area (TPSA) is 119 Å². The highest BCUT2D eigenvalue weighted by molar-refractivity contribution is 5.94. The highest BCUT2D eigenvalue weighted by atomic mass is 16.5. The summed E-state index contributed by atoms with van der Waals surface area (Å²) in [5.74, 6) is 6.44. The lowest BCUT2D eigenvalue weighted by Gasteiger charge is -2.12. The number of likely N-dealkylation sites (tertiary alicyclic amines) is 1. The number of rotatable bonds is 4. The molecule has 0 saturated carbocycles. The van der Waals surface area contributed by atoms with Gasteiger partial charge in [0.25, 0.3) is 11.5 Å². The quantitative estimate of drug-likeness (QED) is 0.458. The molecule has 3 N–H and O–H groups in total. The van der Waals surface area contributed by atoms with Crippen molar-refractivity contribution in [2.45, 2.75) is 19.3 Å². The fraction of sp³-hybridized carbons (Fsp3) is 0.200. The van der Waals surface area contributed by atoms with Crippen molar-refractivity contribution in [1.82, 2.24) is 24.9 Å². The van der Waals surface area contributed by atoms with Gasteiger partial charge in [0.05, 0.1) is 16.8 Å². The number of nitrogens with zero attached hydrogens (tertiary/aromatic N) is 4. The summed E-state index contributed by atoms with van der Waals surface area (Å²) in [5, 5.41) is 11.6. The highest BCUT2D eigenvalue weighted by Gasteiger charge is 2.32. The Bertz CT molecular complexity index is 1480. The second kappa shape index (κ2) is 8.75. The van der Waals surface area contributed by atoms with Crippen LogP contribution in [0.15, 0.2) is 59.4 Å². The number of carbonyl (C=O) groups is 1. The lowest BCUT2D eigenvalue weighted by molar-refractivity contribution is -0.124. The number of aromatic amines is 1. The molecule has 1 fully saturated rings. The Hall–Kier alpha value is -4.58. The summed E-state index contributed by atoms with van der Waals surface area (Å²) >= 11 is 0. The molecule has 34 heavy (non-hydrogen) atoms. The van der Waals surface area contributed by atoms with Gasteiger partial charge in [-0.3, -0.25) is 9.59 Å². The van der Waals surface area contributed by atoms with Gasteiger partial charge in [0, 0.05) is 19.0 Å². The maximum Gasteiger partial charge on any atom is 0.298 e. The standard InChI is InChI=1S/C25H22N6O3/c1-2-6-20(32)30-14-13-16(15-30)22-21-23(24(26)27-28-25(21)33)31(29-22)17-9-11-19(12-10-17)34-18-7-4-3-5-8-18/h3-5,7-12,16H,13-15H2,1H3,(H2,26,27)(H,28,33). The van der Waals surface area contributed by atoms with Crippen molar-refractivity contribution in [2.24, 2.45) is 0 Å². The number of aromatic nitrogens is 4. The van der Waals surface area contributed by atoms with Crippen molar-refractivity contribution in [3.8, 4) is 29.0 Å². The van der Waals surface area contributed by atoms with Gasteiger partial charge in [0.2, 0.25) is 0 Å². The van der Waals surface area contributed by atoms with E-state index >= 15 is 0 Å². The van der Waals surface area contributed by atoms with E-state index in [-0.39, 0.29) is 23.2 Å². The number of carbonyl (C=O) groups excluding carboxylic acids is 1. The second-order valence-corrected chi connectivity index (χ2v) is 7.98. The molecule has 2 aromatic carbocycles. The lowest BCUT2D eigenvalue weighted by atomic mass is 10.0. The number of nitrogen functional groups attached to an aromatic ring is 1. The minimum Gasteiger partial charge on any atom is -0.457 e. The molecule has 1 aliphatic heterocycles. The van der Waals surface area contributed by atoms with Gasteiger partial charge in [-0.05, 0) is 55.7 Å². The number of nitrogens with two attached hydrogens (primary N) is 1. The number of H-pyrrole nitrogens is 1. The zero-order valence-electron chi connectivity index (χ0n) is 18.5. The number of hydrogen-bond donors (Lipinski definition) is 2. The Balaban J connectivity index is 1.52. The van der Waals surface area contributed by atoms with Gasteiger partial charge in [0.1, 0.15) is 17.0 Å². The zero-order chi connectivity index (χ0) is 23.7. The summed E-state index contributed by atoms with van der Waals surface area (Å²) in [6, 6.07) is 16.8. The number of hydrogen-bond acceptors (Lipinski definition) is 6. The highest BCUT2D eigenvalue weighted by Crippen LogP contribution is 2.33. The van der Waals surface area contributed by atoms with Crippen molar-refractivity contribution in [3.05, 3.63) is 70.6 Å². The van der Waals surface area contributed by atoms with E-state index < -0.39 is 0 Å². The number of amides is 1. The van der Waals surface area contributed by atoms with Crippen LogP contribution in [0, 0.1) is 11.8 Å². The van der Waals surface area contributed by atoms with E-state index in [1.165, 1.54) is 0 Å². The van der Waals surface area contributed by atoms with Crippen LogP contribution in [-0.2, 0) is 4.79 Å². The third-order valence-electron chi connectivity index (χ3n) is 5.81.